The molecule has 0 unspecified atom stereocenters. The van der Waals surface area contributed by atoms with Gasteiger partial charge in [0.25, 0.3) is 5.91 Å². The number of carbonyl (C=O) groups excluding carboxylic acids is 1. The SMILES string of the molecule is O=C(Nc1ccc(N2CCOc3ccccc3C2)c(C(=O)O)c1)c1ccc(Cl)cc1. The maximum Gasteiger partial charge on any atom is 0.337 e. The third-order valence-corrected chi connectivity index (χ3v) is 5.14. The summed E-state index contributed by atoms with van der Waals surface area (Å²) >= 11 is 5.86. The van der Waals surface area contributed by atoms with Gasteiger partial charge in [-0.05, 0) is 48.5 Å². The van der Waals surface area contributed by atoms with E-state index in [2.05, 4.69) is 5.32 Å². The molecular formula is C23H19ClN2O4. The molecule has 3 aromatic carbocycles. The number of hydrogen-bond acceptors (Lipinski definition) is 4. The van der Waals surface area contributed by atoms with E-state index >= 15 is 0 Å². The smallest absolute Gasteiger partial charge is 0.337 e. The number of rotatable bonds is 4. The first kappa shape index (κ1) is 19.8. The summed E-state index contributed by atoms with van der Waals surface area (Å²) in [6, 6.07) is 19.1. The number of ether oxygens (including phenoxy) is 1. The van der Waals surface area contributed by atoms with Gasteiger partial charge in [0, 0.05) is 28.4 Å². The Labute approximate surface area is 178 Å². The molecule has 0 aliphatic carbocycles. The first-order chi connectivity index (χ1) is 14.5. The predicted octanol–water partition coefficient (Wildman–Crippen LogP) is 4.69. The van der Waals surface area contributed by atoms with Crippen LogP contribution in [0.15, 0.2) is 66.7 Å². The van der Waals surface area contributed by atoms with Gasteiger partial charge >= 0.3 is 5.97 Å². The minimum Gasteiger partial charge on any atom is -0.491 e. The normalized spacial score (nSPS) is 13.0. The number of carboxylic acid groups (broad SMARTS) is 1. The monoisotopic (exact) mass is 422 g/mol. The number of anilines is 2. The standard InChI is InChI=1S/C23H19ClN2O4/c24-17-7-5-15(6-8-17)22(27)25-18-9-10-20(19(13-18)23(28)29)26-11-12-30-21-4-2-1-3-16(21)14-26/h1-10,13H,11-12,14H2,(H,25,27)(H,28,29). The van der Waals surface area contributed by atoms with Crippen LogP contribution in [0.4, 0.5) is 11.4 Å². The van der Waals surface area contributed by atoms with Gasteiger partial charge in [0.15, 0.2) is 0 Å². The first-order valence-corrected chi connectivity index (χ1v) is 9.79. The summed E-state index contributed by atoms with van der Waals surface area (Å²) in [5.74, 6) is -0.595. The van der Waals surface area contributed by atoms with Crippen molar-refractivity contribution in [2.75, 3.05) is 23.4 Å². The number of aromatic carboxylic acids is 1. The number of nitrogens with one attached hydrogen (secondary N) is 1. The number of carbonyl (C=O) groups is 2. The Kier molecular flexibility index (Phi) is 5.59. The molecular weight excluding hydrogens is 404 g/mol. The van der Waals surface area contributed by atoms with Crippen LogP contribution in [-0.2, 0) is 6.54 Å². The zero-order valence-corrected chi connectivity index (χ0v) is 16.7. The van der Waals surface area contributed by atoms with Crippen LogP contribution in [0, 0.1) is 0 Å². The van der Waals surface area contributed by atoms with Crippen molar-refractivity contribution in [3.8, 4) is 5.75 Å². The van der Waals surface area contributed by atoms with E-state index in [1.807, 2.05) is 29.2 Å². The molecule has 7 heteroatoms. The van der Waals surface area contributed by atoms with E-state index < -0.39 is 5.97 Å². The van der Waals surface area contributed by atoms with Crippen LogP contribution in [0.2, 0.25) is 5.02 Å². The molecule has 30 heavy (non-hydrogen) atoms. The molecule has 1 amide bonds. The molecule has 0 spiro atoms. The molecule has 4 rings (SSSR count). The largest absolute Gasteiger partial charge is 0.491 e. The average molecular weight is 423 g/mol. The van der Waals surface area contributed by atoms with Gasteiger partial charge in [-0.3, -0.25) is 4.79 Å². The van der Waals surface area contributed by atoms with E-state index in [1.165, 1.54) is 6.07 Å². The Morgan fingerprint density at radius 2 is 1.80 bits per heavy atom. The summed E-state index contributed by atoms with van der Waals surface area (Å²) in [7, 11) is 0. The van der Waals surface area contributed by atoms with E-state index in [0.717, 1.165) is 11.3 Å². The summed E-state index contributed by atoms with van der Waals surface area (Å²) in [6.45, 7) is 1.53. The second-order valence-corrected chi connectivity index (χ2v) is 7.31. The van der Waals surface area contributed by atoms with Gasteiger partial charge in [0.05, 0.1) is 17.8 Å². The molecule has 0 atom stereocenters. The Hall–Kier alpha value is -3.51. The predicted molar refractivity (Wildman–Crippen MR) is 116 cm³/mol. The van der Waals surface area contributed by atoms with Gasteiger partial charge in [-0.2, -0.15) is 0 Å². The van der Waals surface area contributed by atoms with Crippen LogP contribution in [0.25, 0.3) is 0 Å². The number of fused-ring (bicyclic) bond motifs is 1. The maximum atomic E-state index is 12.4. The van der Waals surface area contributed by atoms with Crippen molar-refractivity contribution in [1.82, 2.24) is 0 Å². The molecule has 0 bridgehead atoms. The summed E-state index contributed by atoms with van der Waals surface area (Å²) in [4.78, 5) is 26.4. The Morgan fingerprint density at radius 1 is 1.03 bits per heavy atom. The summed E-state index contributed by atoms with van der Waals surface area (Å²) in [6.07, 6.45) is 0. The number of nitrogens with zero attached hydrogens (tertiary/aromatic N) is 1. The Balaban J connectivity index is 1.60. The zero-order chi connectivity index (χ0) is 21.1. The molecule has 0 radical (unpaired) electrons. The summed E-state index contributed by atoms with van der Waals surface area (Å²) in [5, 5.41) is 13.1. The van der Waals surface area contributed by atoms with Gasteiger partial charge in [-0.1, -0.05) is 29.8 Å². The minimum absolute atomic E-state index is 0.114. The topological polar surface area (TPSA) is 78.9 Å². The number of carboxylic acids is 1. The molecule has 0 fully saturated rings. The molecule has 1 heterocycles. The highest BCUT2D eigenvalue weighted by Crippen LogP contribution is 2.30. The first-order valence-electron chi connectivity index (χ1n) is 9.41. The van der Waals surface area contributed by atoms with Crippen molar-refractivity contribution < 1.29 is 19.4 Å². The highest BCUT2D eigenvalue weighted by Gasteiger charge is 2.21. The van der Waals surface area contributed by atoms with Crippen molar-refractivity contribution in [2.45, 2.75) is 6.54 Å². The third kappa shape index (κ3) is 4.23. The molecule has 152 valence electrons. The van der Waals surface area contributed by atoms with Gasteiger partial charge in [0.1, 0.15) is 12.4 Å². The quantitative estimate of drug-likeness (QED) is 0.637. The molecule has 0 saturated carbocycles. The number of benzene rings is 3. The van der Waals surface area contributed by atoms with Crippen molar-refractivity contribution in [2.24, 2.45) is 0 Å². The lowest BCUT2D eigenvalue weighted by Crippen LogP contribution is -2.27. The van der Waals surface area contributed by atoms with E-state index in [9.17, 15) is 14.7 Å². The fraction of sp³-hybridized carbons (Fsp3) is 0.130. The minimum atomic E-state index is -1.06. The van der Waals surface area contributed by atoms with Crippen LogP contribution in [0.5, 0.6) is 5.75 Å². The summed E-state index contributed by atoms with van der Waals surface area (Å²) in [5.41, 5.74) is 2.52. The van der Waals surface area contributed by atoms with Gasteiger partial charge in [0.2, 0.25) is 0 Å². The van der Waals surface area contributed by atoms with Crippen LogP contribution in [0.1, 0.15) is 26.3 Å². The molecule has 2 N–H and O–H groups in total. The number of hydrogen-bond donors (Lipinski definition) is 2. The maximum absolute atomic E-state index is 12.4. The lowest BCUT2D eigenvalue weighted by Gasteiger charge is -2.24. The highest BCUT2D eigenvalue weighted by atomic mass is 35.5. The van der Waals surface area contributed by atoms with Gasteiger partial charge < -0.3 is 20.1 Å². The molecule has 1 aliphatic rings. The van der Waals surface area contributed by atoms with Crippen LogP contribution < -0.4 is 15.0 Å². The fourth-order valence-corrected chi connectivity index (χ4v) is 3.52. The Bertz CT molecular complexity index is 1100. The third-order valence-electron chi connectivity index (χ3n) is 4.88. The van der Waals surface area contributed by atoms with Crippen molar-refractivity contribution >= 4 is 34.9 Å². The average Bonchev–Trinajstić information content (AvgIpc) is 2.96. The Morgan fingerprint density at radius 3 is 2.57 bits per heavy atom. The lowest BCUT2D eigenvalue weighted by atomic mass is 10.1. The van der Waals surface area contributed by atoms with E-state index in [4.69, 9.17) is 16.3 Å². The number of para-hydroxylation sites is 1. The molecule has 3 aromatic rings. The molecule has 0 saturated heterocycles. The van der Waals surface area contributed by atoms with Gasteiger partial charge in [-0.15, -0.1) is 0 Å². The zero-order valence-electron chi connectivity index (χ0n) is 16.0. The lowest BCUT2D eigenvalue weighted by molar-refractivity contribution is 0.0697. The molecule has 0 aromatic heterocycles. The summed E-state index contributed by atoms with van der Waals surface area (Å²) < 4.78 is 5.78. The molecule has 6 nitrogen and oxygen atoms in total. The second kappa shape index (κ2) is 8.47. The van der Waals surface area contributed by atoms with E-state index in [1.54, 1.807) is 36.4 Å². The van der Waals surface area contributed by atoms with Crippen molar-refractivity contribution in [3.05, 3.63) is 88.4 Å². The highest BCUT2D eigenvalue weighted by molar-refractivity contribution is 6.30. The second-order valence-electron chi connectivity index (χ2n) is 6.88. The van der Waals surface area contributed by atoms with E-state index in [0.29, 0.717) is 41.7 Å². The van der Waals surface area contributed by atoms with Gasteiger partial charge in [-0.25, -0.2) is 4.79 Å². The fourth-order valence-electron chi connectivity index (χ4n) is 3.40. The van der Waals surface area contributed by atoms with E-state index in [-0.39, 0.29) is 11.5 Å². The molecule has 1 aliphatic heterocycles. The number of amides is 1. The van der Waals surface area contributed by atoms with Crippen molar-refractivity contribution in [1.29, 1.82) is 0 Å². The number of halogens is 1. The van der Waals surface area contributed by atoms with Crippen molar-refractivity contribution in [3.63, 3.8) is 0 Å². The van der Waals surface area contributed by atoms with Crippen LogP contribution >= 0.6 is 11.6 Å². The van der Waals surface area contributed by atoms with Crippen LogP contribution in [0.3, 0.4) is 0 Å². The van der Waals surface area contributed by atoms with Crippen LogP contribution in [-0.4, -0.2) is 30.1 Å².